The predicted molar refractivity (Wildman–Crippen MR) is 73.8 cm³/mol. The third kappa shape index (κ3) is 3.03. The molecule has 0 bridgehead atoms. The van der Waals surface area contributed by atoms with E-state index >= 15 is 0 Å². The number of hydrogen-bond donors (Lipinski definition) is 1. The molecule has 1 aromatic heterocycles. The summed E-state index contributed by atoms with van der Waals surface area (Å²) in [6, 6.07) is 9.89. The van der Waals surface area contributed by atoms with Crippen LogP contribution in [0.25, 0.3) is 0 Å². The highest BCUT2D eigenvalue weighted by atomic mass is 16.6. The normalized spacial score (nSPS) is 10.2. The average Bonchev–Trinajstić information content (AvgIpc) is 2.91. The Balaban J connectivity index is 2.16. The molecule has 20 heavy (non-hydrogen) atoms. The van der Waals surface area contributed by atoms with E-state index in [2.05, 4.69) is 12.2 Å². The lowest BCUT2D eigenvalue weighted by molar-refractivity contribution is -0.402. The van der Waals surface area contributed by atoms with E-state index in [0.717, 1.165) is 24.5 Å². The van der Waals surface area contributed by atoms with Gasteiger partial charge in [0.25, 0.3) is 5.91 Å². The Morgan fingerprint density at radius 2 is 2.05 bits per heavy atom. The molecule has 1 aromatic carbocycles. The number of nitrogens with zero attached hydrogens (tertiary/aromatic N) is 1. The van der Waals surface area contributed by atoms with Gasteiger partial charge < -0.3 is 9.73 Å². The molecule has 0 aliphatic carbocycles. The molecule has 2 aromatic rings. The molecule has 2 rings (SSSR count). The van der Waals surface area contributed by atoms with Crippen LogP contribution in [-0.2, 0) is 6.42 Å². The monoisotopic (exact) mass is 274 g/mol. The van der Waals surface area contributed by atoms with Crippen molar-refractivity contribution in [1.29, 1.82) is 0 Å². The molecular formula is C14H14N2O4. The van der Waals surface area contributed by atoms with Gasteiger partial charge in [0, 0.05) is 5.69 Å². The van der Waals surface area contributed by atoms with Crippen LogP contribution in [0.3, 0.4) is 0 Å². The Morgan fingerprint density at radius 1 is 1.30 bits per heavy atom. The number of nitrogens with one attached hydrogen (secondary N) is 1. The molecule has 0 aliphatic rings. The number of para-hydroxylation sites is 1. The average molecular weight is 274 g/mol. The molecule has 1 amide bonds. The zero-order valence-electron chi connectivity index (χ0n) is 11.0. The van der Waals surface area contributed by atoms with E-state index in [-0.39, 0.29) is 5.76 Å². The molecule has 104 valence electrons. The molecule has 0 unspecified atom stereocenters. The van der Waals surface area contributed by atoms with Gasteiger partial charge in [-0.15, -0.1) is 0 Å². The zero-order chi connectivity index (χ0) is 14.5. The largest absolute Gasteiger partial charge is 0.433 e. The van der Waals surface area contributed by atoms with Crippen LogP contribution in [0.5, 0.6) is 0 Å². The van der Waals surface area contributed by atoms with E-state index in [1.807, 2.05) is 18.2 Å². The highest BCUT2D eigenvalue weighted by molar-refractivity contribution is 6.02. The predicted octanol–water partition coefficient (Wildman–Crippen LogP) is 3.39. The number of furan rings is 1. The summed E-state index contributed by atoms with van der Waals surface area (Å²) < 4.78 is 4.87. The highest BCUT2D eigenvalue weighted by Gasteiger charge is 2.17. The second-order valence-electron chi connectivity index (χ2n) is 4.26. The first kappa shape index (κ1) is 13.8. The van der Waals surface area contributed by atoms with Crippen molar-refractivity contribution in [1.82, 2.24) is 0 Å². The van der Waals surface area contributed by atoms with E-state index in [4.69, 9.17) is 4.42 Å². The van der Waals surface area contributed by atoms with Gasteiger partial charge in [0.1, 0.15) is 4.92 Å². The van der Waals surface area contributed by atoms with Gasteiger partial charge in [0.15, 0.2) is 5.76 Å². The SMILES string of the molecule is CCCc1ccccc1NC(=O)c1ccc([N+](=O)[O-])o1. The first-order valence-corrected chi connectivity index (χ1v) is 6.25. The van der Waals surface area contributed by atoms with Gasteiger partial charge >= 0.3 is 5.88 Å². The standard InChI is InChI=1S/C14H14N2O4/c1-2-5-10-6-3-4-7-11(10)15-14(17)12-8-9-13(20-12)16(18)19/h3-4,6-9H,2,5H2,1H3,(H,15,17). The number of hydrogen-bond acceptors (Lipinski definition) is 4. The number of aryl methyl sites for hydroxylation is 1. The summed E-state index contributed by atoms with van der Waals surface area (Å²) in [6.07, 6.45) is 1.80. The van der Waals surface area contributed by atoms with Crippen molar-refractivity contribution in [3.8, 4) is 0 Å². The molecule has 1 N–H and O–H groups in total. The van der Waals surface area contributed by atoms with Crippen LogP contribution in [0.1, 0.15) is 29.5 Å². The summed E-state index contributed by atoms with van der Waals surface area (Å²) in [7, 11) is 0. The lowest BCUT2D eigenvalue weighted by Gasteiger charge is -2.08. The van der Waals surface area contributed by atoms with E-state index in [1.165, 1.54) is 6.07 Å². The highest BCUT2D eigenvalue weighted by Crippen LogP contribution is 2.20. The first-order valence-electron chi connectivity index (χ1n) is 6.25. The summed E-state index contributed by atoms with van der Waals surface area (Å²) in [5.74, 6) is -1.03. The van der Waals surface area contributed by atoms with Crippen molar-refractivity contribution in [3.05, 3.63) is 57.8 Å². The van der Waals surface area contributed by atoms with Crippen LogP contribution in [0.2, 0.25) is 0 Å². The van der Waals surface area contributed by atoms with Crippen molar-refractivity contribution in [3.63, 3.8) is 0 Å². The lowest BCUT2D eigenvalue weighted by Crippen LogP contribution is -2.12. The van der Waals surface area contributed by atoms with Gasteiger partial charge in [0.05, 0.1) is 6.07 Å². The minimum Gasteiger partial charge on any atom is -0.395 e. The van der Waals surface area contributed by atoms with Gasteiger partial charge in [-0.3, -0.25) is 14.9 Å². The third-order valence-electron chi connectivity index (χ3n) is 2.78. The molecule has 0 aliphatic heterocycles. The molecule has 0 saturated carbocycles. The van der Waals surface area contributed by atoms with Gasteiger partial charge in [-0.2, -0.15) is 0 Å². The molecular weight excluding hydrogens is 260 g/mol. The fourth-order valence-corrected chi connectivity index (χ4v) is 1.86. The topological polar surface area (TPSA) is 85.4 Å². The van der Waals surface area contributed by atoms with Crippen LogP contribution in [0, 0.1) is 10.1 Å². The first-order chi connectivity index (χ1) is 9.61. The second kappa shape index (κ2) is 6.01. The minimum atomic E-state index is -0.679. The number of rotatable bonds is 5. The van der Waals surface area contributed by atoms with E-state index < -0.39 is 16.7 Å². The summed E-state index contributed by atoms with van der Waals surface area (Å²) in [5, 5.41) is 13.2. The van der Waals surface area contributed by atoms with Gasteiger partial charge in [0.2, 0.25) is 0 Å². The van der Waals surface area contributed by atoms with E-state index in [9.17, 15) is 14.9 Å². The summed E-state index contributed by atoms with van der Waals surface area (Å²) in [5.41, 5.74) is 1.71. The van der Waals surface area contributed by atoms with Crippen molar-refractivity contribution in [2.45, 2.75) is 19.8 Å². The Labute approximate surface area is 115 Å². The maximum atomic E-state index is 12.0. The third-order valence-corrected chi connectivity index (χ3v) is 2.78. The number of benzene rings is 1. The Hall–Kier alpha value is -2.63. The number of amides is 1. The maximum absolute atomic E-state index is 12.0. The van der Waals surface area contributed by atoms with Crippen molar-refractivity contribution in [2.75, 3.05) is 5.32 Å². The van der Waals surface area contributed by atoms with Gasteiger partial charge in [-0.25, -0.2) is 0 Å². The maximum Gasteiger partial charge on any atom is 0.433 e. The van der Waals surface area contributed by atoms with Crippen LogP contribution in [0.15, 0.2) is 40.8 Å². The van der Waals surface area contributed by atoms with Gasteiger partial charge in [-0.1, -0.05) is 31.5 Å². The number of nitro groups is 1. The quantitative estimate of drug-likeness (QED) is 0.668. The van der Waals surface area contributed by atoms with E-state index in [1.54, 1.807) is 6.07 Å². The number of anilines is 1. The number of carbonyl (C=O) groups excluding carboxylic acids is 1. The molecule has 0 spiro atoms. The lowest BCUT2D eigenvalue weighted by atomic mass is 10.1. The second-order valence-corrected chi connectivity index (χ2v) is 4.26. The Kier molecular flexibility index (Phi) is 4.14. The fraction of sp³-hybridized carbons (Fsp3) is 0.214. The molecule has 1 heterocycles. The molecule has 6 nitrogen and oxygen atoms in total. The number of carbonyl (C=O) groups is 1. The van der Waals surface area contributed by atoms with Gasteiger partial charge in [-0.05, 0) is 24.1 Å². The zero-order valence-corrected chi connectivity index (χ0v) is 11.0. The minimum absolute atomic E-state index is 0.0806. The summed E-state index contributed by atoms with van der Waals surface area (Å²) in [4.78, 5) is 21.8. The van der Waals surface area contributed by atoms with Crippen LogP contribution >= 0.6 is 0 Å². The molecule has 0 saturated heterocycles. The summed E-state index contributed by atoms with van der Waals surface area (Å²) in [6.45, 7) is 2.05. The van der Waals surface area contributed by atoms with Crippen LogP contribution < -0.4 is 5.32 Å². The van der Waals surface area contributed by atoms with Crippen molar-refractivity contribution >= 4 is 17.5 Å². The van der Waals surface area contributed by atoms with Crippen LogP contribution in [-0.4, -0.2) is 10.8 Å². The van der Waals surface area contributed by atoms with Crippen LogP contribution in [0.4, 0.5) is 11.6 Å². The van der Waals surface area contributed by atoms with Crippen molar-refractivity contribution in [2.24, 2.45) is 0 Å². The van der Waals surface area contributed by atoms with Crippen molar-refractivity contribution < 1.29 is 14.1 Å². The molecule has 0 radical (unpaired) electrons. The Bertz CT molecular complexity index is 634. The summed E-state index contributed by atoms with van der Waals surface area (Å²) >= 11 is 0. The Morgan fingerprint density at radius 3 is 2.70 bits per heavy atom. The van der Waals surface area contributed by atoms with E-state index in [0.29, 0.717) is 5.69 Å². The molecule has 0 fully saturated rings. The molecule has 6 heteroatoms. The smallest absolute Gasteiger partial charge is 0.395 e. The fourth-order valence-electron chi connectivity index (χ4n) is 1.86. The molecule has 0 atom stereocenters.